The Morgan fingerprint density at radius 3 is 2.71 bits per heavy atom. The van der Waals surface area contributed by atoms with Gasteiger partial charge in [-0.2, -0.15) is 0 Å². The van der Waals surface area contributed by atoms with Crippen molar-refractivity contribution in [2.45, 2.75) is 32.2 Å². The maximum Gasteiger partial charge on any atom is 0.224 e. The molecule has 1 heterocycles. The molecular formula is C17H26N2O2. The molecule has 1 fully saturated rings. The zero-order valence-electron chi connectivity index (χ0n) is 13.3. The molecule has 21 heavy (non-hydrogen) atoms. The molecule has 1 amide bonds. The van der Waals surface area contributed by atoms with Crippen molar-refractivity contribution < 1.29 is 9.53 Å². The molecule has 4 nitrogen and oxygen atoms in total. The van der Waals surface area contributed by atoms with E-state index in [1.807, 2.05) is 24.3 Å². The van der Waals surface area contributed by atoms with Crippen LogP contribution in [-0.4, -0.2) is 38.1 Å². The Kier molecular flexibility index (Phi) is 5.62. The summed E-state index contributed by atoms with van der Waals surface area (Å²) in [5, 5.41) is 3.20. The zero-order chi connectivity index (χ0) is 15.2. The minimum Gasteiger partial charge on any atom is -0.497 e. The molecule has 1 aliphatic heterocycles. The van der Waals surface area contributed by atoms with Gasteiger partial charge in [0.1, 0.15) is 5.75 Å². The van der Waals surface area contributed by atoms with E-state index in [2.05, 4.69) is 24.2 Å². The first kappa shape index (κ1) is 15.8. The molecule has 0 saturated carbocycles. The molecule has 0 radical (unpaired) electrons. The summed E-state index contributed by atoms with van der Waals surface area (Å²) in [5.41, 5.74) is 1.14. The van der Waals surface area contributed by atoms with Gasteiger partial charge in [-0.25, -0.2) is 0 Å². The van der Waals surface area contributed by atoms with Crippen LogP contribution < -0.4 is 10.1 Å². The highest BCUT2D eigenvalue weighted by Crippen LogP contribution is 2.22. The first-order chi connectivity index (χ1) is 10.1. The van der Waals surface area contributed by atoms with Crippen LogP contribution in [0.1, 0.15) is 37.8 Å². The van der Waals surface area contributed by atoms with Crippen LogP contribution in [0.3, 0.4) is 0 Å². The van der Waals surface area contributed by atoms with Gasteiger partial charge in [-0.15, -0.1) is 0 Å². The Hall–Kier alpha value is -1.55. The number of benzene rings is 1. The number of nitrogens with one attached hydrogen (secondary N) is 1. The average molecular weight is 290 g/mol. The number of piperidine rings is 1. The van der Waals surface area contributed by atoms with Crippen LogP contribution in [-0.2, 0) is 4.79 Å². The minimum atomic E-state index is 0.0793. The fraction of sp³-hybridized carbons (Fsp3) is 0.588. The molecule has 0 bridgehead atoms. The van der Waals surface area contributed by atoms with Gasteiger partial charge in [0.05, 0.1) is 19.1 Å². The highest BCUT2D eigenvalue weighted by molar-refractivity contribution is 5.79. The summed E-state index contributed by atoms with van der Waals surface area (Å²) in [7, 11) is 3.74. The fourth-order valence-corrected chi connectivity index (χ4v) is 2.93. The van der Waals surface area contributed by atoms with Crippen molar-refractivity contribution in [1.29, 1.82) is 0 Å². The van der Waals surface area contributed by atoms with Crippen molar-refractivity contribution >= 4 is 5.91 Å². The molecule has 1 N–H and O–H groups in total. The largest absolute Gasteiger partial charge is 0.497 e. The summed E-state index contributed by atoms with van der Waals surface area (Å²) >= 11 is 0. The van der Waals surface area contributed by atoms with Crippen LogP contribution in [0.25, 0.3) is 0 Å². The number of nitrogens with zero attached hydrogens (tertiary/aromatic N) is 1. The summed E-state index contributed by atoms with van der Waals surface area (Å²) in [6.45, 7) is 4.06. The van der Waals surface area contributed by atoms with Crippen LogP contribution in [0.15, 0.2) is 24.3 Å². The van der Waals surface area contributed by atoms with Gasteiger partial charge in [0.2, 0.25) is 5.91 Å². The highest BCUT2D eigenvalue weighted by Gasteiger charge is 2.25. The summed E-state index contributed by atoms with van der Waals surface area (Å²) in [6, 6.07) is 8.02. The van der Waals surface area contributed by atoms with Crippen molar-refractivity contribution in [2.75, 3.05) is 27.2 Å². The summed E-state index contributed by atoms with van der Waals surface area (Å²) in [5.74, 6) is 1.15. The lowest BCUT2D eigenvalue weighted by molar-refractivity contribution is -0.127. The molecule has 0 unspecified atom stereocenters. The van der Waals surface area contributed by atoms with Gasteiger partial charge in [0.15, 0.2) is 0 Å². The lowest BCUT2D eigenvalue weighted by Crippen LogP contribution is -2.42. The molecule has 2 rings (SSSR count). The number of ether oxygens (including phenoxy) is 1. The van der Waals surface area contributed by atoms with E-state index in [1.165, 1.54) is 0 Å². The molecule has 1 aromatic rings. The van der Waals surface area contributed by atoms with Crippen molar-refractivity contribution in [3.05, 3.63) is 29.8 Å². The number of rotatable bonds is 5. The number of hydrogen-bond acceptors (Lipinski definition) is 3. The van der Waals surface area contributed by atoms with Crippen LogP contribution >= 0.6 is 0 Å². The van der Waals surface area contributed by atoms with Crippen molar-refractivity contribution in [3.63, 3.8) is 0 Å². The molecular weight excluding hydrogens is 264 g/mol. The zero-order valence-corrected chi connectivity index (χ0v) is 13.3. The quantitative estimate of drug-likeness (QED) is 0.906. The molecule has 2 atom stereocenters. The molecule has 1 saturated heterocycles. The molecule has 0 spiro atoms. The van der Waals surface area contributed by atoms with E-state index in [9.17, 15) is 4.79 Å². The van der Waals surface area contributed by atoms with Gasteiger partial charge in [0.25, 0.3) is 0 Å². The average Bonchev–Trinajstić information content (AvgIpc) is 2.52. The van der Waals surface area contributed by atoms with E-state index in [0.29, 0.717) is 0 Å². The van der Waals surface area contributed by atoms with Crippen molar-refractivity contribution in [3.8, 4) is 5.75 Å². The number of likely N-dealkylation sites (tertiary alicyclic amines) is 1. The van der Waals surface area contributed by atoms with E-state index in [4.69, 9.17) is 4.74 Å². The Morgan fingerprint density at radius 2 is 2.14 bits per heavy atom. The second kappa shape index (κ2) is 7.46. The monoisotopic (exact) mass is 290 g/mol. The Bertz CT molecular complexity index is 458. The minimum absolute atomic E-state index is 0.0793. The number of hydrogen-bond donors (Lipinski definition) is 1. The van der Waals surface area contributed by atoms with Crippen LogP contribution in [0.5, 0.6) is 5.75 Å². The highest BCUT2D eigenvalue weighted by atomic mass is 16.5. The molecule has 4 heteroatoms. The van der Waals surface area contributed by atoms with Gasteiger partial charge in [-0.3, -0.25) is 4.79 Å². The van der Waals surface area contributed by atoms with Crippen LogP contribution in [0.4, 0.5) is 0 Å². The number of amides is 1. The number of carbonyl (C=O) groups excluding carboxylic acids is 1. The van der Waals surface area contributed by atoms with Gasteiger partial charge in [-0.1, -0.05) is 19.1 Å². The third-order valence-electron chi connectivity index (χ3n) is 4.24. The summed E-state index contributed by atoms with van der Waals surface area (Å²) in [6.07, 6.45) is 2.99. The predicted molar refractivity (Wildman–Crippen MR) is 84.4 cm³/mol. The Morgan fingerprint density at radius 1 is 1.43 bits per heavy atom. The molecule has 1 aromatic carbocycles. The molecule has 116 valence electrons. The Labute approximate surface area is 127 Å². The Balaban J connectivity index is 1.98. The van der Waals surface area contributed by atoms with Crippen molar-refractivity contribution in [2.24, 2.45) is 5.92 Å². The second-order valence-corrected chi connectivity index (χ2v) is 5.84. The molecule has 0 aliphatic carbocycles. The van der Waals surface area contributed by atoms with E-state index in [-0.39, 0.29) is 17.9 Å². The smallest absolute Gasteiger partial charge is 0.224 e. The SMILES string of the molecule is CC[C@@H](NC(=O)[C@H]1CCCN(C)C1)c1ccc(OC)cc1. The van der Waals surface area contributed by atoms with Gasteiger partial charge in [0, 0.05) is 6.54 Å². The topological polar surface area (TPSA) is 41.6 Å². The van der Waals surface area contributed by atoms with Gasteiger partial charge < -0.3 is 15.0 Å². The number of carbonyl (C=O) groups is 1. The maximum absolute atomic E-state index is 12.4. The molecule has 0 aromatic heterocycles. The van der Waals surface area contributed by atoms with Crippen LogP contribution in [0.2, 0.25) is 0 Å². The molecule has 1 aliphatic rings. The standard InChI is InChI=1S/C17H26N2O2/c1-4-16(13-7-9-15(21-3)10-8-13)18-17(20)14-6-5-11-19(2)12-14/h7-10,14,16H,4-6,11-12H2,1-3H3,(H,18,20)/t14-,16+/m0/s1. The first-order valence-electron chi connectivity index (χ1n) is 7.77. The third-order valence-corrected chi connectivity index (χ3v) is 4.24. The lowest BCUT2D eigenvalue weighted by Gasteiger charge is -2.30. The third kappa shape index (κ3) is 4.21. The van der Waals surface area contributed by atoms with E-state index in [0.717, 1.165) is 43.7 Å². The summed E-state index contributed by atoms with van der Waals surface area (Å²) < 4.78 is 5.18. The normalized spacial score (nSPS) is 20.8. The first-order valence-corrected chi connectivity index (χ1v) is 7.77. The fourth-order valence-electron chi connectivity index (χ4n) is 2.93. The maximum atomic E-state index is 12.4. The van der Waals surface area contributed by atoms with Crippen LogP contribution in [0, 0.1) is 5.92 Å². The van der Waals surface area contributed by atoms with E-state index < -0.39 is 0 Å². The summed E-state index contributed by atoms with van der Waals surface area (Å²) in [4.78, 5) is 14.7. The van der Waals surface area contributed by atoms with Gasteiger partial charge >= 0.3 is 0 Å². The van der Waals surface area contributed by atoms with Crippen molar-refractivity contribution in [1.82, 2.24) is 10.2 Å². The van der Waals surface area contributed by atoms with Gasteiger partial charge in [-0.05, 0) is 50.6 Å². The lowest BCUT2D eigenvalue weighted by atomic mass is 9.96. The van der Waals surface area contributed by atoms with E-state index >= 15 is 0 Å². The predicted octanol–water partition coefficient (Wildman–Crippen LogP) is 2.60. The van der Waals surface area contributed by atoms with E-state index in [1.54, 1.807) is 7.11 Å². The number of methoxy groups -OCH3 is 1. The second-order valence-electron chi connectivity index (χ2n) is 5.84.